The lowest BCUT2D eigenvalue weighted by molar-refractivity contribution is 0.216. The third-order valence-corrected chi connectivity index (χ3v) is 4.36. The van der Waals surface area contributed by atoms with Gasteiger partial charge in [0, 0.05) is 6.54 Å². The molecule has 0 heterocycles. The highest BCUT2D eigenvalue weighted by Gasteiger charge is 2.38. The van der Waals surface area contributed by atoms with E-state index in [9.17, 15) is 9.90 Å². The summed E-state index contributed by atoms with van der Waals surface area (Å²) < 4.78 is 0. The van der Waals surface area contributed by atoms with Crippen LogP contribution in [0.15, 0.2) is 60.7 Å². The van der Waals surface area contributed by atoms with Crippen LogP contribution < -0.4 is 10.6 Å². The van der Waals surface area contributed by atoms with Crippen molar-refractivity contribution in [2.24, 2.45) is 5.92 Å². The zero-order valence-corrected chi connectivity index (χ0v) is 13.0. The first kappa shape index (κ1) is 15.6. The fraction of sp³-hybridized carbons (Fsp3) is 0.316. The number of hydrogen-bond donors (Lipinski definition) is 3. The van der Waals surface area contributed by atoms with Gasteiger partial charge in [0.15, 0.2) is 0 Å². The van der Waals surface area contributed by atoms with Crippen LogP contribution in [0.5, 0.6) is 0 Å². The van der Waals surface area contributed by atoms with E-state index in [-0.39, 0.29) is 18.7 Å². The van der Waals surface area contributed by atoms with Crippen LogP contribution in [-0.2, 0) is 0 Å². The molecule has 3 N–H and O–H groups in total. The van der Waals surface area contributed by atoms with E-state index in [1.165, 1.54) is 5.56 Å². The highest BCUT2D eigenvalue weighted by atomic mass is 16.3. The molecule has 1 aliphatic carbocycles. The van der Waals surface area contributed by atoms with Gasteiger partial charge in [0.1, 0.15) is 0 Å². The lowest BCUT2D eigenvalue weighted by atomic mass is 10.1. The van der Waals surface area contributed by atoms with Crippen molar-refractivity contribution in [1.82, 2.24) is 10.6 Å². The summed E-state index contributed by atoms with van der Waals surface area (Å²) in [5, 5.41) is 15.2. The second-order valence-corrected chi connectivity index (χ2v) is 6.01. The zero-order chi connectivity index (χ0) is 16.1. The molecule has 4 nitrogen and oxygen atoms in total. The molecule has 0 saturated heterocycles. The lowest BCUT2D eigenvalue weighted by Crippen LogP contribution is -2.40. The maximum absolute atomic E-state index is 12.0. The van der Waals surface area contributed by atoms with Gasteiger partial charge >= 0.3 is 6.03 Å². The van der Waals surface area contributed by atoms with E-state index in [1.54, 1.807) is 0 Å². The fourth-order valence-electron chi connectivity index (χ4n) is 2.93. The van der Waals surface area contributed by atoms with Crippen molar-refractivity contribution in [3.63, 3.8) is 0 Å². The minimum Gasteiger partial charge on any atom is -0.394 e. The lowest BCUT2D eigenvalue weighted by Gasteiger charge is -2.17. The van der Waals surface area contributed by atoms with E-state index in [0.717, 1.165) is 12.0 Å². The number of hydrogen-bond acceptors (Lipinski definition) is 2. The van der Waals surface area contributed by atoms with Crippen LogP contribution in [0, 0.1) is 5.92 Å². The molecule has 3 rings (SSSR count). The number of nitrogens with one attached hydrogen (secondary N) is 2. The Labute approximate surface area is 136 Å². The Morgan fingerprint density at radius 3 is 2.39 bits per heavy atom. The molecule has 2 aromatic carbocycles. The fourth-order valence-corrected chi connectivity index (χ4v) is 2.93. The first-order valence-electron chi connectivity index (χ1n) is 8.03. The molecule has 4 heteroatoms. The number of urea groups is 1. The Morgan fingerprint density at radius 2 is 1.74 bits per heavy atom. The highest BCUT2D eigenvalue weighted by Crippen LogP contribution is 2.46. The predicted molar refractivity (Wildman–Crippen MR) is 90.1 cm³/mol. The molecule has 1 fully saturated rings. The largest absolute Gasteiger partial charge is 0.394 e. The van der Waals surface area contributed by atoms with E-state index >= 15 is 0 Å². The second kappa shape index (κ2) is 7.29. The van der Waals surface area contributed by atoms with Crippen LogP contribution >= 0.6 is 0 Å². The predicted octanol–water partition coefficient (Wildman–Crippen LogP) is 2.82. The summed E-state index contributed by atoms with van der Waals surface area (Å²) in [5.74, 6) is 1.06. The summed E-state index contributed by atoms with van der Waals surface area (Å²) in [6, 6.07) is 19.3. The first-order chi connectivity index (χ1) is 11.3. The molecule has 23 heavy (non-hydrogen) atoms. The van der Waals surface area contributed by atoms with E-state index in [0.29, 0.717) is 18.4 Å². The molecule has 2 aromatic rings. The van der Waals surface area contributed by atoms with Gasteiger partial charge in [-0.15, -0.1) is 0 Å². The standard InChI is InChI=1S/C19H22N2O2/c22-13-18(15-9-5-2-6-10-15)21-19(23)20-12-16-11-17(16)14-7-3-1-4-8-14/h1-10,16-18,22H,11-13H2,(H2,20,21,23)/t16-,17+,18+/m0/s1. The Kier molecular flexibility index (Phi) is 4.93. The number of amides is 2. The summed E-state index contributed by atoms with van der Waals surface area (Å²) in [7, 11) is 0. The number of carbonyl (C=O) groups excluding carboxylic acids is 1. The van der Waals surface area contributed by atoms with Crippen molar-refractivity contribution in [2.75, 3.05) is 13.2 Å². The Balaban J connectivity index is 1.45. The normalized spacial score (nSPS) is 20.6. The van der Waals surface area contributed by atoms with Crippen molar-refractivity contribution >= 4 is 6.03 Å². The number of rotatable bonds is 6. The van der Waals surface area contributed by atoms with Crippen LogP contribution in [0.3, 0.4) is 0 Å². The highest BCUT2D eigenvalue weighted by molar-refractivity contribution is 5.74. The topological polar surface area (TPSA) is 61.4 Å². The summed E-state index contributed by atoms with van der Waals surface area (Å²) in [4.78, 5) is 12.0. The molecule has 0 aromatic heterocycles. The quantitative estimate of drug-likeness (QED) is 0.768. The molecular weight excluding hydrogens is 288 g/mol. The SMILES string of the molecule is O=C(NC[C@@H]1C[C@@H]1c1ccccc1)N[C@H](CO)c1ccccc1. The first-order valence-corrected chi connectivity index (χ1v) is 8.03. The van der Waals surface area contributed by atoms with Crippen LogP contribution in [0.25, 0.3) is 0 Å². The van der Waals surface area contributed by atoms with Crippen molar-refractivity contribution < 1.29 is 9.90 Å². The molecule has 2 amide bonds. The summed E-state index contributed by atoms with van der Waals surface area (Å²) >= 11 is 0. The molecular formula is C19H22N2O2. The third kappa shape index (κ3) is 4.11. The van der Waals surface area contributed by atoms with Crippen molar-refractivity contribution in [3.8, 4) is 0 Å². The monoisotopic (exact) mass is 310 g/mol. The third-order valence-electron chi connectivity index (χ3n) is 4.36. The molecule has 3 atom stereocenters. The van der Waals surface area contributed by atoms with Gasteiger partial charge in [0.25, 0.3) is 0 Å². The van der Waals surface area contributed by atoms with Crippen LogP contribution in [-0.4, -0.2) is 24.3 Å². The number of aliphatic hydroxyl groups excluding tert-OH is 1. The minimum absolute atomic E-state index is 0.118. The van der Waals surface area contributed by atoms with Gasteiger partial charge in [0.2, 0.25) is 0 Å². The number of benzene rings is 2. The van der Waals surface area contributed by atoms with E-state index in [4.69, 9.17) is 0 Å². The average molecular weight is 310 g/mol. The molecule has 0 bridgehead atoms. The minimum atomic E-state index is -0.375. The van der Waals surface area contributed by atoms with Crippen LogP contribution in [0.2, 0.25) is 0 Å². The molecule has 0 radical (unpaired) electrons. The maximum Gasteiger partial charge on any atom is 0.315 e. The van der Waals surface area contributed by atoms with Gasteiger partial charge in [-0.2, -0.15) is 0 Å². The molecule has 120 valence electrons. The molecule has 1 aliphatic rings. The van der Waals surface area contributed by atoms with Crippen LogP contribution in [0.1, 0.15) is 29.5 Å². The Morgan fingerprint density at radius 1 is 1.09 bits per heavy atom. The molecule has 0 spiro atoms. The van der Waals surface area contributed by atoms with E-state index in [2.05, 4.69) is 34.9 Å². The average Bonchev–Trinajstić information content (AvgIpc) is 3.39. The Hall–Kier alpha value is -2.33. The summed E-state index contributed by atoms with van der Waals surface area (Å²) in [6.45, 7) is 0.547. The molecule has 0 aliphatic heterocycles. The molecule has 0 unspecified atom stereocenters. The van der Waals surface area contributed by atoms with Crippen molar-refractivity contribution in [1.29, 1.82) is 0 Å². The maximum atomic E-state index is 12.0. The summed E-state index contributed by atoms with van der Waals surface area (Å²) in [6.07, 6.45) is 1.12. The zero-order valence-electron chi connectivity index (χ0n) is 13.0. The van der Waals surface area contributed by atoms with Gasteiger partial charge in [-0.05, 0) is 29.4 Å². The van der Waals surface area contributed by atoms with Gasteiger partial charge in [-0.25, -0.2) is 4.79 Å². The second-order valence-electron chi connectivity index (χ2n) is 6.01. The van der Waals surface area contributed by atoms with Crippen molar-refractivity contribution in [2.45, 2.75) is 18.4 Å². The van der Waals surface area contributed by atoms with Gasteiger partial charge < -0.3 is 15.7 Å². The van der Waals surface area contributed by atoms with E-state index < -0.39 is 0 Å². The summed E-state index contributed by atoms with van der Waals surface area (Å²) in [5.41, 5.74) is 2.25. The van der Waals surface area contributed by atoms with Gasteiger partial charge in [0.05, 0.1) is 12.6 Å². The van der Waals surface area contributed by atoms with Gasteiger partial charge in [-0.1, -0.05) is 60.7 Å². The van der Waals surface area contributed by atoms with Crippen molar-refractivity contribution in [3.05, 3.63) is 71.8 Å². The van der Waals surface area contributed by atoms with Crippen LogP contribution in [0.4, 0.5) is 4.79 Å². The Bertz CT molecular complexity index is 630. The number of aliphatic hydroxyl groups is 1. The van der Waals surface area contributed by atoms with E-state index in [1.807, 2.05) is 36.4 Å². The molecule has 1 saturated carbocycles. The smallest absolute Gasteiger partial charge is 0.315 e. The van der Waals surface area contributed by atoms with Gasteiger partial charge in [-0.3, -0.25) is 0 Å². The number of carbonyl (C=O) groups is 1.